The van der Waals surface area contributed by atoms with E-state index in [4.69, 9.17) is 10.8 Å². The normalized spacial score (nSPS) is 10.3. The highest BCUT2D eigenvalue weighted by Gasteiger charge is 1.99. The molecular formula is C5H9N3OS2. The number of aliphatic hydroxyl groups excluding tert-OH is 1. The summed E-state index contributed by atoms with van der Waals surface area (Å²) in [6, 6.07) is 0. The predicted octanol–water partition coefficient (Wildman–Crippen LogP) is 0.346. The largest absolute Gasteiger partial charge is 0.396 e. The fraction of sp³-hybridized carbons (Fsp3) is 0.600. The molecule has 3 N–H and O–H groups in total. The Kier molecular flexibility index (Phi) is 3.61. The molecule has 0 amide bonds. The smallest absolute Gasteiger partial charge is 0.203 e. The van der Waals surface area contributed by atoms with Gasteiger partial charge in [-0.2, -0.15) is 11.8 Å². The van der Waals surface area contributed by atoms with Gasteiger partial charge in [-0.3, -0.25) is 0 Å². The second-order valence-corrected chi connectivity index (χ2v) is 4.01. The number of nitrogens with zero attached hydrogens (tertiary/aromatic N) is 2. The van der Waals surface area contributed by atoms with Crippen LogP contribution in [-0.4, -0.2) is 27.7 Å². The topological polar surface area (TPSA) is 72.0 Å². The van der Waals surface area contributed by atoms with Gasteiger partial charge < -0.3 is 10.8 Å². The van der Waals surface area contributed by atoms with Crippen molar-refractivity contribution in [3.63, 3.8) is 0 Å². The van der Waals surface area contributed by atoms with E-state index in [2.05, 4.69) is 10.2 Å². The van der Waals surface area contributed by atoms with Gasteiger partial charge in [-0.05, 0) is 0 Å². The molecule has 0 atom stereocenters. The Morgan fingerprint density at radius 1 is 1.55 bits per heavy atom. The van der Waals surface area contributed by atoms with E-state index in [1.807, 2.05) is 0 Å². The van der Waals surface area contributed by atoms with E-state index < -0.39 is 0 Å². The summed E-state index contributed by atoms with van der Waals surface area (Å²) >= 11 is 3.01. The van der Waals surface area contributed by atoms with Gasteiger partial charge >= 0.3 is 0 Å². The van der Waals surface area contributed by atoms with Crippen molar-refractivity contribution in [3.05, 3.63) is 5.01 Å². The van der Waals surface area contributed by atoms with E-state index in [1.165, 1.54) is 11.3 Å². The number of aromatic nitrogens is 2. The molecule has 1 aromatic heterocycles. The predicted molar refractivity (Wildman–Crippen MR) is 47.6 cm³/mol. The van der Waals surface area contributed by atoms with Gasteiger partial charge in [0, 0.05) is 11.5 Å². The van der Waals surface area contributed by atoms with Crippen molar-refractivity contribution < 1.29 is 5.11 Å². The Labute approximate surface area is 72.8 Å². The highest BCUT2D eigenvalue weighted by atomic mass is 32.2. The molecule has 4 nitrogen and oxygen atoms in total. The molecule has 1 rings (SSSR count). The maximum atomic E-state index is 8.47. The van der Waals surface area contributed by atoms with Gasteiger partial charge in [-0.1, -0.05) is 11.3 Å². The molecule has 0 aliphatic carbocycles. The van der Waals surface area contributed by atoms with Gasteiger partial charge in [0.2, 0.25) is 5.13 Å². The maximum absolute atomic E-state index is 8.47. The summed E-state index contributed by atoms with van der Waals surface area (Å²) in [5.41, 5.74) is 5.37. The minimum absolute atomic E-state index is 0.207. The number of anilines is 1. The highest BCUT2D eigenvalue weighted by Crippen LogP contribution is 2.16. The second-order valence-electron chi connectivity index (χ2n) is 1.81. The molecule has 0 spiro atoms. The summed E-state index contributed by atoms with van der Waals surface area (Å²) < 4.78 is 0. The van der Waals surface area contributed by atoms with Gasteiger partial charge in [-0.15, -0.1) is 10.2 Å². The Hall–Kier alpha value is -0.330. The highest BCUT2D eigenvalue weighted by molar-refractivity contribution is 7.98. The minimum atomic E-state index is 0.207. The molecule has 6 heteroatoms. The number of nitrogen functional groups attached to an aromatic ring is 1. The molecule has 11 heavy (non-hydrogen) atoms. The third-order valence-corrected chi connectivity index (χ3v) is 2.83. The molecule has 0 unspecified atom stereocenters. The van der Waals surface area contributed by atoms with E-state index in [-0.39, 0.29) is 6.61 Å². The van der Waals surface area contributed by atoms with Gasteiger partial charge in [0.25, 0.3) is 0 Å². The van der Waals surface area contributed by atoms with Crippen molar-refractivity contribution in [1.82, 2.24) is 10.2 Å². The number of hydrogen-bond acceptors (Lipinski definition) is 6. The van der Waals surface area contributed by atoms with Crippen LogP contribution in [-0.2, 0) is 5.75 Å². The van der Waals surface area contributed by atoms with Crippen molar-refractivity contribution in [1.29, 1.82) is 0 Å². The lowest BCUT2D eigenvalue weighted by molar-refractivity contribution is 0.322. The molecular weight excluding hydrogens is 182 g/mol. The van der Waals surface area contributed by atoms with Crippen LogP contribution in [0.4, 0.5) is 5.13 Å². The molecule has 0 saturated carbocycles. The van der Waals surface area contributed by atoms with Crippen LogP contribution in [0.25, 0.3) is 0 Å². The van der Waals surface area contributed by atoms with E-state index in [0.717, 1.165) is 16.5 Å². The molecule has 0 aromatic carbocycles. The number of rotatable bonds is 4. The summed E-state index contributed by atoms with van der Waals surface area (Å²) in [6.45, 7) is 0.207. The summed E-state index contributed by atoms with van der Waals surface area (Å²) in [5.74, 6) is 1.52. The summed E-state index contributed by atoms with van der Waals surface area (Å²) in [5, 5.41) is 17.4. The van der Waals surface area contributed by atoms with E-state index in [1.54, 1.807) is 11.8 Å². The van der Waals surface area contributed by atoms with Crippen LogP contribution < -0.4 is 5.73 Å². The summed E-state index contributed by atoms with van der Waals surface area (Å²) in [7, 11) is 0. The standard InChI is InChI=1S/C5H9N3OS2/c6-5-8-7-4(11-5)3-10-2-1-9/h9H,1-3H2,(H2,6,8). The lowest BCUT2D eigenvalue weighted by Gasteiger charge is -1.91. The zero-order valence-corrected chi connectivity index (χ0v) is 7.49. The van der Waals surface area contributed by atoms with Crippen molar-refractivity contribution in [2.45, 2.75) is 5.75 Å². The van der Waals surface area contributed by atoms with E-state index in [9.17, 15) is 0 Å². The molecule has 0 saturated heterocycles. The fourth-order valence-corrected chi connectivity index (χ4v) is 1.95. The summed E-state index contributed by atoms with van der Waals surface area (Å²) in [6.07, 6.45) is 0. The summed E-state index contributed by atoms with van der Waals surface area (Å²) in [4.78, 5) is 0. The van der Waals surface area contributed by atoms with Gasteiger partial charge in [0.1, 0.15) is 5.01 Å². The van der Waals surface area contributed by atoms with Crippen LogP contribution in [0.1, 0.15) is 5.01 Å². The Bertz CT molecular complexity index is 215. The molecule has 0 bridgehead atoms. The molecule has 1 heterocycles. The first-order valence-electron chi connectivity index (χ1n) is 3.09. The zero-order chi connectivity index (χ0) is 8.10. The van der Waals surface area contributed by atoms with Crippen LogP contribution in [0.15, 0.2) is 0 Å². The minimum Gasteiger partial charge on any atom is -0.396 e. The Balaban J connectivity index is 2.27. The molecule has 0 radical (unpaired) electrons. The van der Waals surface area contributed by atoms with Gasteiger partial charge in [0.05, 0.1) is 6.61 Å². The average Bonchev–Trinajstić information content (AvgIpc) is 2.37. The SMILES string of the molecule is Nc1nnc(CSCCO)s1. The maximum Gasteiger partial charge on any atom is 0.203 e. The van der Waals surface area contributed by atoms with Crippen LogP contribution in [0.5, 0.6) is 0 Å². The van der Waals surface area contributed by atoms with Crippen LogP contribution in [0, 0.1) is 0 Å². The van der Waals surface area contributed by atoms with Crippen LogP contribution in [0.3, 0.4) is 0 Å². The molecule has 62 valence electrons. The van der Waals surface area contributed by atoms with Crippen molar-refractivity contribution in [3.8, 4) is 0 Å². The van der Waals surface area contributed by atoms with E-state index in [0.29, 0.717) is 5.13 Å². The number of nitrogens with two attached hydrogens (primary N) is 1. The van der Waals surface area contributed by atoms with Crippen molar-refractivity contribution in [2.24, 2.45) is 0 Å². The third-order valence-electron chi connectivity index (χ3n) is 0.944. The molecule has 0 aliphatic heterocycles. The first kappa shape index (κ1) is 8.76. The lowest BCUT2D eigenvalue weighted by Crippen LogP contribution is -1.87. The number of aliphatic hydroxyl groups is 1. The van der Waals surface area contributed by atoms with Crippen molar-refractivity contribution >= 4 is 28.2 Å². The fourth-order valence-electron chi connectivity index (χ4n) is 0.549. The first-order chi connectivity index (χ1) is 5.33. The van der Waals surface area contributed by atoms with Crippen molar-refractivity contribution in [2.75, 3.05) is 18.1 Å². The number of hydrogen-bond donors (Lipinski definition) is 2. The molecule has 1 aromatic rings. The Morgan fingerprint density at radius 2 is 2.36 bits per heavy atom. The van der Waals surface area contributed by atoms with Gasteiger partial charge in [0.15, 0.2) is 0 Å². The number of thioether (sulfide) groups is 1. The Morgan fingerprint density at radius 3 is 2.91 bits per heavy atom. The zero-order valence-electron chi connectivity index (χ0n) is 5.86. The lowest BCUT2D eigenvalue weighted by atomic mass is 10.8. The molecule has 0 aliphatic rings. The second kappa shape index (κ2) is 4.53. The molecule has 0 fully saturated rings. The van der Waals surface area contributed by atoms with Crippen LogP contribution in [0.2, 0.25) is 0 Å². The average molecular weight is 191 g/mol. The van der Waals surface area contributed by atoms with Crippen LogP contribution >= 0.6 is 23.1 Å². The monoisotopic (exact) mass is 191 g/mol. The quantitative estimate of drug-likeness (QED) is 0.672. The van der Waals surface area contributed by atoms with E-state index >= 15 is 0 Å². The first-order valence-corrected chi connectivity index (χ1v) is 5.06. The third kappa shape index (κ3) is 3.04. The van der Waals surface area contributed by atoms with Gasteiger partial charge in [-0.25, -0.2) is 0 Å².